The van der Waals surface area contributed by atoms with Gasteiger partial charge in [-0.25, -0.2) is 4.79 Å². The van der Waals surface area contributed by atoms with Crippen LogP contribution in [0, 0.1) is 0 Å². The van der Waals surface area contributed by atoms with Crippen molar-refractivity contribution in [1.29, 1.82) is 0 Å². The minimum Gasteiger partial charge on any atom is -0.478 e. The van der Waals surface area contributed by atoms with Crippen LogP contribution in [0.1, 0.15) is 22.0 Å². The second-order valence-electron chi connectivity index (χ2n) is 3.41. The van der Waals surface area contributed by atoms with Crippen molar-refractivity contribution >= 4 is 17.6 Å². The number of carboxylic acids is 1. The number of primary amides is 1. The van der Waals surface area contributed by atoms with Crippen molar-refractivity contribution in [2.45, 2.75) is 12.2 Å². The van der Waals surface area contributed by atoms with Gasteiger partial charge in [0.2, 0.25) is 5.91 Å². The average Bonchev–Trinajstić information content (AvgIpc) is 2.26. The third-order valence-electron chi connectivity index (χ3n) is 2.26. The average molecular weight is 240 g/mol. The molecule has 0 spiro atoms. The Bertz CT molecular complexity index is 460. The molecule has 0 saturated carbocycles. The van der Waals surface area contributed by atoms with Crippen LogP contribution < -0.4 is 11.5 Å². The van der Waals surface area contributed by atoms with Crippen LogP contribution in [0.5, 0.6) is 0 Å². The summed E-state index contributed by atoms with van der Waals surface area (Å²) in [6, 6.07) is 3.93. The van der Waals surface area contributed by atoms with Crippen LogP contribution in [0.25, 0.3) is 0 Å². The van der Waals surface area contributed by atoms with E-state index >= 15 is 0 Å². The number of nitrogen functional groups attached to an aromatic ring is 1. The van der Waals surface area contributed by atoms with Crippen LogP contribution in [0.4, 0.5) is 5.69 Å². The number of hydrogen-bond donors (Lipinski definition) is 5. The first-order chi connectivity index (χ1) is 7.86. The van der Waals surface area contributed by atoms with Gasteiger partial charge in [0.1, 0.15) is 6.10 Å². The van der Waals surface area contributed by atoms with Crippen molar-refractivity contribution in [2.24, 2.45) is 5.73 Å². The summed E-state index contributed by atoms with van der Waals surface area (Å²) in [5.74, 6) is -2.50. The van der Waals surface area contributed by atoms with Crippen molar-refractivity contribution < 1.29 is 24.9 Å². The first-order valence-corrected chi connectivity index (χ1v) is 4.63. The number of carboxylic acid groups (broad SMARTS) is 1. The molecule has 1 aromatic carbocycles. The lowest BCUT2D eigenvalue weighted by atomic mass is 9.96. The van der Waals surface area contributed by atoms with E-state index in [-0.39, 0.29) is 16.8 Å². The van der Waals surface area contributed by atoms with E-state index in [2.05, 4.69) is 0 Å². The SMILES string of the molecule is NC(=O)C(O)C(O)c1c(N)cccc1C(=O)O. The highest BCUT2D eigenvalue weighted by atomic mass is 16.4. The fourth-order valence-electron chi connectivity index (χ4n) is 1.41. The molecule has 0 aromatic heterocycles. The van der Waals surface area contributed by atoms with Gasteiger partial charge in [-0.2, -0.15) is 0 Å². The number of anilines is 1. The molecule has 2 atom stereocenters. The van der Waals surface area contributed by atoms with Gasteiger partial charge in [0.15, 0.2) is 6.10 Å². The minimum absolute atomic E-state index is 0.0438. The van der Waals surface area contributed by atoms with Gasteiger partial charge in [0.05, 0.1) is 5.56 Å². The first kappa shape index (κ1) is 12.9. The summed E-state index contributed by atoms with van der Waals surface area (Å²) in [6.07, 6.45) is -3.70. The third-order valence-corrected chi connectivity index (χ3v) is 2.26. The number of carbonyl (C=O) groups excluding carboxylic acids is 1. The van der Waals surface area contributed by atoms with Crippen LogP contribution in [-0.4, -0.2) is 33.3 Å². The zero-order valence-electron chi connectivity index (χ0n) is 8.70. The summed E-state index contributed by atoms with van der Waals surface area (Å²) >= 11 is 0. The van der Waals surface area contributed by atoms with Gasteiger partial charge in [-0.3, -0.25) is 4.79 Å². The van der Waals surface area contributed by atoms with E-state index in [1.54, 1.807) is 0 Å². The number of hydrogen-bond acceptors (Lipinski definition) is 5. The molecule has 0 fully saturated rings. The van der Waals surface area contributed by atoms with Crippen molar-refractivity contribution in [1.82, 2.24) is 0 Å². The van der Waals surface area contributed by atoms with Crippen LogP contribution in [-0.2, 0) is 4.79 Å². The molecule has 1 rings (SSSR count). The number of rotatable bonds is 4. The van der Waals surface area contributed by atoms with Crippen molar-refractivity contribution in [3.63, 3.8) is 0 Å². The van der Waals surface area contributed by atoms with Gasteiger partial charge in [-0.05, 0) is 12.1 Å². The quantitative estimate of drug-likeness (QED) is 0.420. The maximum atomic E-state index is 10.9. The Morgan fingerprint density at radius 1 is 1.24 bits per heavy atom. The van der Waals surface area contributed by atoms with Gasteiger partial charge in [0.25, 0.3) is 0 Å². The predicted molar refractivity (Wildman–Crippen MR) is 58.0 cm³/mol. The van der Waals surface area contributed by atoms with Gasteiger partial charge in [-0.1, -0.05) is 6.07 Å². The fourth-order valence-corrected chi connectivity index (χ4v) is 1.41. The lowest BCUT2D eigenvalue weighted by Gasteiger charge is -2.18. The molecule has 92 valence electrons. The zero-order chi connectivity index (χ0) is 13.2. The summed E-state index contributed by atoms with van der Waals surface area (Å²) in [4.78, 5) is 21.6. The van der Waals surface area contributed by atoms with Gasteiger partial charge in [0, 0.05) is 11.3 Å². The molecule has 0 aliphatic heterocycles. The Labute approximate surface area is 96.3 Å². The van der Waals surface area contributed by atoms with Crippen LogP contribution in [0.3, 0.4) is 0 Å². The standard InChI is InChI=1S/C10H12N2O5/c11-5-3-1-2-4(10(16)17)6(5)7(13)8(14)9(12)15/h1-3,7-8,13-14H,11H2,(H2,12,15)(H,16,17). The highest BCUT2D eigenvalue weighted by molar-refractivity contribution is 5.92. The summed E-state index contributed by atoms with van der Waals surface area (Å²) in [5, 5.41) is 27.9. The lowest BCUT2D eigenvalue weighted by molar-refractivity contribution is -0.131. The second kappa shape index (κ2) is 4.81. The van der Waals surface area contributed by atoms with E-state index in [0.29, 0.717) is 0 Å². The number of aromatic carboxylic acids is 1. The molecule has 17 heavy (non-hydrogen) atoms. The monoisotopic (exact) mass is 240 g/mol. The Hall–Kier alpha value is -2.12. The molecule has 0 radical (unpaired) electrons. The summed E-state index contributed by atoms with van der Waals surface area (Å²) in [5.41, 5.74) is 9.76. The van der Waals surface area contributed by atoms with E-state index in [4.69, 9.17) is 16.6 Å². The molecule has 7 nitrogen and oxygen atoms in total. The molecule has 0 aliphatic carbocycles. The smallest absolute Gasteiger partial charge is 0.336 e. The van der Waals surface area contributed by atoms with Crippen molar-refractivity contribution in [2.75, 3.05) is 5.73 Å². The highest BCUT2D eigenvalue weighted by Crippen LogP contribution is 2.27. The highest BCUT2D eigenvalue weighted by Gasteiger charge is 2.29. The number of amides is 1. The molecule has 7 heteroatoms. The normalized spacial score (nSPS) is 14.0. The van der Waals surface area contributed by atoms with E-state index in [0.717, 1.165) is 0 Å². The number of carbonyl (C=O) groups is 2. The number of benzene rings is 1. The molecule has 1 aromatic rings. The molecule has 7 N–H and O–H groups in total. The number of aliphatic hydroxyl groups excluding tert-OH is 2. The summed E-state index contributed by atoms with van der Waals surface area (Å²) < 4.78 is 0. The Balaban J connectivity index is 3.29. The molecular weight excluding hydrogens is 228 g/mol. The summed E-state index contributed by atoms with van der Waals surface area (Å²) in [6.45, 7) is 0. The Morgan fingerprint density at radius 3 is 2.29 bits per heavy atom. The molecule has 2 unspecified atom stereocenters. The van der Waals surface area contributed by atoms with E-state index in [1.807, 2.05) is 0 Å². The van der Waals surface area contributed by atoms with E-state index in [1.165, 1.54) is 18.2 Å². The molecule has 0 bridgehead atoms. The third kappa shape index (κ3) is 2.52. The lowest BCUT2D eigenvalue weighted by Crippen LogP contribution is -2.34. The van der Waals surface area contributed by atoms with Gasteiger partial charge < -0.3 is 26.8 Å². The minimum atomic E-state index is -1.92. The zero-order valence-corrected chi connectivity index (χ0v) is 8.70. The second-order valence-corrected chi connectivity index (χ2v) is 3.41. The molecule has 1 amide bonds. The Morgan fingerprint density at radius 2 is 1.82 bits per heavy atom. The largest absolute Gasteiger partial charge is 0.478 e. The molecular formula is C10H12N2O5. The predicted octanol–water partition coefficient (Wildman–Crippen LogP) is -1.15. The summed E-state index contributed by atoms with van der Waals surface area (Å²) in [7, 11) is 0. The van der Waals surface area contributed by atoms with Gasteiger partial charge in [-0.15, -0.1) is 0 Å². The van der Waals surface area contributed by atoms with Gasteiger partial charge >= 0.3 is 5.97 Å². The fraction of sp³-hybridized carbons (Fsp3) is 0.200. The Kier molecular flexibility index (Phi) is 3.66. The van der Waals surface area contributed by atoms with Crippen LogP contribution >= 0.6 is 0 Å². The maximum absolute atomic E-state index is 10.9. The molecule has 0 heterocycles. The maximum Gasteiger partial charge on any atom is 0.336 e. The van der Waals surface area contributed by atoms with Crippen LogP contribution in [0.15, 0.2) is 18.2 Å². The van der Waals surface area contributed by atoms with Crippen molar-refractivity contribution in [3.05, 3.63) is 29.3 Å². The molecule has 0 aliphatic rings. The van der Waals surface area contributed by atoms with Crippen molar-refractivity contribution in [3.8, 4) is 0 Å². The topological polar surface area (TPSA) is 147 Å². The van der Waals surface area contributed by atoms with Crippen LogP contribution in [0.2, 0.25) is 0 Å². The number of aliphatic hydroxyl groups is 2. The van der Waals surface area contributed by atoms with E-state index in [9.17, 15) is 19.8 Å². The van der Waals surface area contributed by atoms with E-state index < -0.39 is 24.1 Å². The first-order valence-electron chi connectivity index (χ1n) is 4.63. The molecule has 0 saturated heterocycles. The number of nitrogens with two attached hydrogens (primary N) is 2.